The minimum atomic E-state index is 0.473. The Kier molecular flexibility index (Phi) is 8.78. The van der Waals surface area contributed by atoms with E-state index in [1.807, 2.05) is 56.8 Å². The maximum absolute atomic E-state index is 5.86. The largest absolute Gasteiger partial charge is 0.497 e. The van der Waals surface area contributed by atoms with Gasteiger partial charge in [0.1, 0.15) is 23.9 Å². The molecule has 40 heavy (non-hydrogen) atoms. The molecule has 0 aliphatic carbocycles. The summed E-state index contributed by atoms with van der Waals surface area (Å²) < 4.78 is 17.1. The summed E-state index contributed by atoms with van der Waals surface area (Å²) in [6.07, 6.45) is 3.72. The molecule has 0 unspecified atom stereocenters. The van der Waals surface area contributed by atoms with Gasteiger partial charge in [-0.3, -0.25) is 5.10 Å². The highest BCUT2D eigenvalue weighted by molar-refractivity contribution is 5.78. The zero-order chi connectivity index (χ0) is 27.7. The summed E-state index contributed by atoms with van der Waals surface area (Å²) in [6.45, 7) is 2.83. The Morgan fingerprint density at radius 2 is 1.57 bits per heavy atom. The molecular formula is C32H35N5O3. The number of rotatable bonds is 13. The highest BCUT2D eigenvalue weighted by Crippen LogP contribution is 2.23. The van der Waals surface area contributed by atoms with Crippen molar-refractivity contribution in [1.29, 1.82) is 0 Å². The summed E-state index contributed by atoms with van der Waals surface area (Å²) in [5, 5.41) is 8.31. The molecule has 3 aromatic carbocycles. The van der Waals surface area contributed by atoms with E-state index in [1.165, 1.54) is 5.56 Å². The van der Waals surface area contributed by atoms with Gasteiger partial charge >= 0.3 is 0 Å². The van der Waals surface area contributed by atoms with Crippen LogP contribution in [0.2, 0.25) is 0 Å². The monoisotopic (exact) mass is 537 g/mol. The summed E-state index contributed by atoms with van der Waals surface area (Å²) in [4.78, 5) is 9.11. The van der Waals surface area contributed by atoms with Crippen LogP contribution in [0.5, 0.6) is 11.5 Å². The van der Waals surface area contributed by atoms with Crippen LogP contribution >= 0.6 is 0 Å². The van der Waals surface area contributed by atoms with Crippen LogP contribution < -0.4 is 19.3 Å². The number of anilines is 2. The molecule has 8 heteroatoms. The molecule has 2 heterocycles. The predicted molar refractivity (Wildman–Crippen MR) is 159 cm³/mol. The van der Waals surface area contributed by atoms with E-state index in [1.54, 1.807) is 7.11 Å². The van der Waals surface area contributed by atoms with Gasteiger partial charge in [0.2, 0.25) is 0 Å². The SMILES string of the molecule is COc1cccc(CN(Cc2ccc3cn[nH]c3c2)c2ccc(COCCOc3cccc(N(C)C)c3)cn2)c1. The number of fused-ring (bicyclic) bond motifs is 1. The van der Waals surface area contributed by atoms with Crippen LogP contribution in [0.15, 0.2) is 91.3 Å². The second-order valence-electron chi connectivity index (χ2n) is 9.82. The van der Waals surface area contributed by atoms with Crippen molar-refractivity contribution >= 4 is 22.4 Å². The molecule has 0 radical (unpaired) electrons. The minimum absolute atomic E-state index is 0.473. The van der Waals surface area contributed by atoms with Crippen LogP contribution in [0, 0.1) is 0 Å². The second-order valence-corrected chi connectivity index (χ2v) is 9.82. The molecule has 0 saturated carbocycles. The fourth-order valence-electron chi connectivity index (χ4n) is 4.46. The van der Waals surface area contributed by atoms with Gasteiger partial charge in [-0.05, 0) is 53.1 Å². The van der Waals surface area contributed by atoms with Crippen LogP contribution in [0.1, 0.15) is 16.7 Å². The van der Waals surface area contributed by atoms with Gasteiger partial charge in [-0.2, -0.15) is 5.10 Å². The standard InChI is InChI=1S/C32H35N5O3/c1-36(2)28-7-5-9-30(18-28)40-15-14-39-23-26-11-13-32(33-19-26)37(21-24-6-4-8-29(16-24)38-3)22-25-10-12-27-20-34-35-31(27)17-25/h4-13,16-20H,14-15,21-23H2,1-3H3,(H,34,35). The van der Waals surface area contributed by atoms with Crippen LogP contribution in [-0.2, 0) is 24.4 Å². The van der Waals surface area contributed by atoms with E-state index in [0.717, 1.165) is 45.0 Å². The van der Waals surface area contributed by atoms with E-state index in [9.17, 15) is 0 Å². The number of methoxy groups -OCH3 is 1. The number of benzene rings is 3. The van der Waals surface area contributed by atoms with Crippen molar-refractivity contribution < 1.29 is 14.2 Å². The summed E-state index contributed by atoms with van der Waals surface area (Å²) in [7, 11) is 5.71. The fourth-order valence-corrected chi connectivity index (χ4v) is 4.46. The van der Waals surface area contributed by atoms with Gasteiger partial charge in [-0.15, -0.1) is 0 Å². The fraction of sp³-hybridized carbons (Fsp3) is 0.250. The number of nitrogens with zero attached hydrogens (tertiary/aromatic N) is 4. The molecule has 8 nitrogen and oxygen atoms in total. The molecule has 0 amide bonds. The maximum Gasteiger partial charge on any atom is 0.129 e. The molecule has 0 saturated heterocycles. The third-order valence-electron chi connectivity index (χ3n) is 6.62. The van der Waals surface area contributed by atoms with Gasteiger partial charge in [0.05, 0.1) is 32.0 Å². The first kappa shape index (κ1) is 27.0. The van der Waals surface area contributed by atoms with E-state index in [2.05, 4.69) is 68.5 Å². The molecule has 206 valence electrons. The van der Waals surface area contributed by atoms with Crippen molar-refractivity contribution in [3.05, 3.63) is 108 Å². The third kappa shape index (κ3) is 7.09. The van der Waals surface area contributed by atoms with E-state index in [4.69, 9.17) is 19.2 Å². The third-order valence-corrected chi connectivity index (χ3v) is 6.62. The maximum atomic E-state index is 5.86. The van der Waals surface area contributed by atoms with Crippen molar-refractivity contribution in [2.75, 3.05) is 44.2 Å². The second kappa shape index (κ2) is 13.0. The molecule has 0 aliphatic rings. The number of nitrogens with one attached hydrogen (secondary N) is 1. The average Bonchev–Trinajstić information content (AvgIpc) is 3.45. The zero-order valence-corrected chi connectivity index (χ0v) is 23.2. The molecule has 0 aliphatic heterocycles. The van der Waals surface area contributed by atoms with E-state index < -0.39 is 0 Å². The molecule has 5 aromatic rings. The molecule has 5 rings (SSSR count). The first-order valence-electron chi connectivity index (χ1n) is 13.3. The van der Waals surface area contributed by atoms with Crippen LogP contribution in [0.3, 0.4) is 0 Å². The number of aromatic amines is 1. The van der Waals surface area contributed by atoms with Gasteiger partial charge in [0.25, 0.3) is 0 Å². The molecule has 1 N–H and O–H groups in total. The van der Waals surface area contributed by atoms with Gasteiger partial charge in [0, 0.05) is 50.5 Å². The lowest BCUT2D eigenvalue weighted by Crippen LogP contribution is -2.23. The first-order chi connectivity index (χ1) is 19.6. The van der Waals surface area contributed by atoms with E-state index in [0.29, 0.717) is 32.9 Å². The number of hydrogen-bond acceptors (Lipinski definition) is 7. The van der Waals surface area contributed by atoms with E-state index in [-0.39, 0.29) is 0 Å². The Bertz CT molecular complexity index is 1520. The Morgan fingerprint density at radius 1 is 0.775 bits per heavy atom. The van der Waals surface area contributed by atoms with Gasteiger partial charge in [0.15, 0.2) is 0 Å². The van der Waals surface area contributed by atoms with Crippen molar-refractivity contribution in [3.8, 4) is 11.5 Å². The van der Waals surface area contributed by atoms with Gasteiger partial charge in [-0.1, -0.05) is 36.4 Å². The Hall–Kier alpha value is -4.56. The summed E-state index contributed by atoms with van der Waals surface area (Å²) >= 11 is 0. The minimum Gasteiger partial charge on any atom is -0.497 e. The van der Waals surface area contributed by atoms with Crippen molar-refractivity contribution in [2.45, 2.75) is 19.7 Å². The van der Waals surface area contributed by atoms with Crippen LogP contribution in [-0.4, -0.2) is 49.6 Å². The number of aromatic nitrogens is 3. The lowest BCUT2D eigenvalue weighted by Gasteiger charge is -2.24. The van der Waals surface area contributed by atoms with Gasteiger partial charge in [-0.25, -0.2) is 4.98 Å². The first-order valence-corrected chi connectivity index (χ1v) is 13.3. The van der Waals surface area contributed by atoms with Crippen molar-refractivity contribution in [3.63, 3.8) is 0 Å². The Balaban J connectivity index is 1.21. The molecule has 0 spiro atoms. The average molecular weight is 538 g/mol. The zero-order valence-electron chi connectivity index (χ0n) is 23.2. The summed E-state index contributed by atoms with van der Waals surface area (Å²) in [6, 6.07) is 26.7. The number of hydrogen-bond donors (Lipinski definition) is 1. The van der Waals surface area contributed by atoms with Gasteiger partial charge < -0.3 is 24.0 Å². The van der Waals surface area contributed by atoms with Crippen LogP contribution in [0.25, 0.3) is 10.9 Å². The van der Waals surface area contributed by atoms with Crippen molar-refractivity contribution in [1.82, 2.24) is 15.2 Å². The quantitative estimate of drug-likeness (QED) is 0.189. The molecule has 0 bridgehead atoms. The normalized spacial score (nSPS) is 11.0. The smallest absolute Gasteiger partial charge is 0.129 e. The topological polar surface area (TPSA) is 75.7 Å². The van der Waals surface area contributed by atoms with Crippen molar-refractivity contribution in [2.24, 2.45) is 0 Å². The number of ether oxygens (including phenoxy) is 3. The molecular weight excluding hydrogens is 502 g/mol. The highest BCUT2D eigenvalue weighted by atomic mass is 16.5. The summed E-state index contributed by atoms with van der Waals surface area (Å²) in [5.74, 6) is 2.56. The number of pyridine rings is 1. The Morgan fingerprint density at radius 3 is 2.38 bits per heavy atom. The summed E-state index contributed by atoms with van der Waals surface area (Å²) in [5.41, 5.74) is 5.45. The number of H-pyrrole nitrogens is 1. The van der Waals surface area contributed by atoms with E-state index >= 15 is 0 Å². The predicted octanol–water partition coefficient (Wildman–Crippen LogP) is 5.83. The molecule has 0 atom stereocenters. The Labute approximate surface area is 235 Å². The van der Waals surface area contributed by atoms with Crippen LogP contribution in [0.4, 0.5) is 11.5 Å². The lowest BCUT2D eigenvalue weighted by molar-refractivity contribution is 0.0888. The highest BCUT2D eigenvalue weighted by Gasteiger charge is 2.12. The molecule has 2 aromatic heterocycles. The molecule has 0 fully saturated rings. The lowest BCUT2D eigenvalue weighted by atomic mass is 10.1.